The van der Waals surface area contributed by atoms with Crippen LogP contribution >= 0.6 is 0 Å². The Balaban J connectivity index is 1.47. The second kappa shape index (κ2) is 9.84. The molecule has 3 aliphatic rings. The maximum atomic E-state index is 13.9. The van der Waals surface area contributed by atoms with E-state index in [2.05, 4.69) is 19.9 Å². The molecule has 2 aromatic rings. The maximum absolute atomic E-state index is 13.9. The lowest BCUT2D eigenvalue weighted by atomic mass is 9.92. The zero-order valence-electron chi connectivity index (χ0n) is 20.8. The largest absolute Gasteiger partial charge is 0.404 e. The highest BCUT2D eigenvalue weighted by Crippen LogP contribution is 2.38. The van der Waals surface area contributed by atoms with Gasteiger partial charge in [0.1, 0.15) is 0 Å². The molecule has 2 aromatic heterocycles. The third-order valence-corrected chi connectivity index (χ3v) is 7.29. The Morgan fingerprint density at radius 1 is 1.17 bits per heavy atom. The number of rotatable bonds is 6. The summed E-state index contributed by atoms with van der Waals surface area (Å²) in [5, 5.41) is 0. The molecule has 1 aliphatic heterocycles. The van der Waals surface area contributed by atoms with Crippen molar-refractivity contribution in [2.75, 3.05) is 24.6 Å². The number of aryl methyl sites for hydroxylation is 2. The van der Waals surface area contributed by atoms with Gasteiger partial charge >= 0.3 is 0 Å². The number of aromatic nitrogens is 4. The van der Waals surface area contributed by atoms with Crippen molar-refractivity contribution in [2.24, 2.45) is 10.7 Å². The van der Waals surface area contributed by atoms with Crippen molar-refractivity contribution in [3.05, 3.63) is 33.5 Å². The van der Waals surface area contributed by atoms with Crippen molar-refractivity contribution in [1.82, 2.24) is 19.5 Å². The van der Waals surface area contributed by atoms with Crippen LogP contribution in [0.1, 0.15) is 62.4 Å². The lowest BCUT2D eigenvalue weighted by Gasteiger charge is -2.35. The first-order valence-corrected chi connectivity index (χ1v) is 12.7. The van der Waals surface area contributed by atoms with Crippen molar-refractivity contribution in [2.45, 2.75) is 82.9 Å². The summed E-state index contributed by atoms with van der Waals surface area (Å²) in [6, 6.07) is 0.0250. The van der Waals surface area contributed by atoms with Gasteiger partial charge in [-0.2, -0.15) is 0 Å². The average molecular weight is 502 g/mol. The van der Waals surface area contributed by atoms with Gasteiger partial charge in [0, 0.05) is 44.6 Å². The summed E-state index contributed by atoms with van der Waals surface area (Å²) in [6.45, 7) is 5.03. The molecule has 2 N–H and O–H groups in total. The first-order valence-electron chi connectivity index (χ1n) is 12.7. The van der Waals surface area contributed by atoms with E-state index in [1.54, 1.807) is 10.8 Å². The van der Waals surface area contributed by atoms with Crippen LogP contribution in [0.3, 0.4) is 0 Å². The molecule has 0 bridgehead atoms. The van der Waals surface area contributed by atoms with Crippen molar-refractivity contribution < 1.29 is 13.5 Å². The molecule has 11 heteroatoms. The summed E-state index contributed by atoms with van der Waals surface area (Å²) in [6.07, 6.45) is 5.88. The summed E-state index contributed by atoms with van der Waals surface area (Å²) >= 11 is 0. The van der Waals surface area contributed by atoms with Gasteiger partial charge in [0.15, 0.2) is 17.1 Å². The predicted octanol–water partition coefficient (Wildman–Crippen LogP) is 3.22. The van der Waals surface area contributed by atoms with Crippen LogP contribution in [-0.4, -0.2) is 63.5 Å². The van der Waals surface area contributed by atoms with Crippen molar-refractivity contribution in [1.29, 1.82) is 0 Å². The topological polar surface area (TPSA) is 112 Å². The van der Waals surface area contributed by atoms with E-state index in [0.717, 1.165) is 18.4 Å². The summed E-state index contributed by atoms with van der Waals surface area (Å²) in [5.74, 6) is -2.44. The molecule has 1 atom stereocenters. The lowest BCUT2D eigenvalue weighted by molar-refractivity contribution is -0.0439. The zero-order chi connectivity index (χ0) is 25.4. The third-order valence-electron chi connectivity index (χ3n) is 7.29. The molecular formula is C25H33F2N7O2. The number of morpholine rings is 1. The fourth-order valence-corrected chi connectivity index (χ4v) is 4.88. The number of nitrogens with two attached hydrogens (primary N) is 1. The van der Waals surface area contributed by atoms with Gasteiger partial charge in [-0.05, 0) is 51.3 Å². The minimum Gasteiger partial charge on any atom is -0.404 e. The lowest BCUT2D eigenvalue weighted by Crippen LogP contribution is -2.46. The third kappa shape index (κ3) is 5.25. The predicted molar refractivity (Wildman–Crippen MR) is 134 cm³/mol. The van der Waals surface area contributed by atoms with Gasteiger partial charge in [0.25, 0.3) is 5.56 Å². The van der Waals surface area contributed by atoms with Gasteiger partial charge in [-0.3, -0.25) is 14.4 Å². The molecule has 2 aliphatic carbocycles. The van der Waals surface area contributed by atoms with Crippen molar-refractivity contribution >= 4 is 23.3 Å². The van der Waals surface area contributed by atoms with Crippen molar-refractivity contribution in [3.8, 4) is 0 Å². The molecule has 3 fully saturated rings. The van der Waals surface area contributed by atoms with Crippen molar-refractivity contribution in [3.63, 3.8) is 0 Å². The molecular weight excluding hydrogens is 468 g/mol. The Hall–Kier alpha value is -2.95. The smallest absolute Gasteiger partial charge is 0.295 e. The van der Waals surface area contributed by atoms with Gasteiger partial charge in [-0.25, -0.2) is 23.7 Å². The molecule has 9 nitrogen and oxygen atoms in total. The summed E-state index contributed by atoms with van der Waals surface area (Å²) in [5.41, 5.74) is 8.50. The van der Waals surface area contributed by atoms with Crippen LogP contribution in [0.25, 0.3) is 11.3 Å². The molecule has 1 saturated heterocycles. The van der Waals surface area contributed by atoms with E-state index in [1.165, 1.54) is 0 Å². The molecule has 194 valence electrons. The Morgan fingerprint density at radius 2 is 1.89 bits per heavy atom. The fourth-order valence-electron chi connectivity index (χ4n) is 4.88. The highest BCUT2D eigenvalue weighted by molar-refractivity contribution is 5.78. The minimum absolute atomic E-state index is 0.191. The molecule has 2 saturated carbocycles. The number of ether oxygens (including phenoxy) is 1. The van der Waals surface area contributed by atoms with Gasteiger partial charge < -0.3 is 15.4 Å². The van der Waals surface area contributed by atoms with Crippen LogP contribution in [-0.2, 0) is 4.74 Å². The second-order valence-corrected chi connectivity index (χ2v) is 10.1. The first-order chi connectivity index (χ1) is 17.2. The molecule has 1 unspecified atom stereocenters. The molecule has 5 rings (SSSR count). The molecule has 3 heterocycles. The zero-order valence-corrected chi connectivity index (χ0v) is 20.8. The monoisotopic (exact) mass is 501 g/mol. The Kier molecular flexibility index (Phi) is 6.76. The first kappa shape index (κ1) is 24.7. The number of hydrogen-bond acceptors (Lipinski definition) is 8. The van der Waals surface area contributed by atoms with E-state index in [4.69, 9.17) is 10.5 Å². The van der Waals surface area contributed by atoms with Gasteiger partial charge in [-0.1, -0.05) is 0 Å². The molecule has 0 radical (unpaired) electrons. The van der Waals surface area contributed by atoms with Gasteiger partial charge in [0.2, 0.25) is 5.92 Å². The Morgan fingerprint density at radius 3 is 2.58 bits per heavy atom. The Labute approximate surface area is 208 Å². The van der Waals surface area contributed by atoms with Gasteiger partial charge in [-0.15, -0.1) is 0 Å². The van der Waals surface area contributed by atoms with E-state index in [0.29, 0.717) is 54.8 Å². The summed E-state index contributed by atoms with van der Waals surface area (Å²) in [4.78, 5) is 34.1. The number of aliphatic imine (C=N–C) groups is 1. The minimum atomic E-state index is -2.70. The number of anilines is 1. The van der Waals surface area contributed by atoms with E-state index >= 15 is 0 Å². The van der Waals surface area contributed by atoms with Crippen LogP contribution in [0, 0.1) is 13.8 Å². The van der Waals surface area contributed by atoms with Crippen LogP contribution in [0.4, 0.5) is 14.6 Å². The summed E-state index contributed by atoms with van der Waals surface area (Å²) < 4.78 is 35.3. The molecule has 0 spiro atoms. The number of fused-ring (bicyclic) bond motifs is 1. The van der Waals surface area contributed by atoms with Gasteiger partial charge in [0.05, 0.1) is 30.1 Å². The SMILES string of the molecule is Cc1nc2nc(N3CCOC(C/C(C=NC4CC4)=C/N)C3)c(=O)n(C3CCC(F)(F)CC3)c2nc1C. The van der Waals surface area contributed by atoms with E-state index in [1.807, 2.05) is 25.0 Å². The quantitative estimate of drug-likeness (QED) is 0.605. The van der Waals surface area contributed by atoms with Crippen LogP contribution in [0.5, 0.6) is 0 Å². The maximum Gasteiger partial charge on any atom is 0.295 e. The summed E-state index contributed by atoms with van der Waals surface area (Å²) in [7, 11) is 0. The fraction of sp³-hybridized carbons (Fsp3) is 0.640. The van der Waals surface area contributed by atoms with E-state index in [-0.39, 0.29) is 49.2 Å². The number of alkyl halides is 2. The number of nitrogens with zero attached hydrogens (tertiary/aromatic N) is 6. The average Bonchev–Trinajstić information content (AvgIpc) is 3.68. The molecule has 36 heavy (non-hydrogen) atoms. The molecule has 0 amide bonds. The van der Waals surface area contributed by atoms with Crippen LogP contribution in [0.2, 0.25) is 0 Å². The van der Waals surface area contributed by atoms with Crippen LogP contribution < -0.4 is 16.2 Å². The number of halogens is 2. The van der Waals surface area contributed by atoms with E-state index < -0.39 is 5.92 Å². The second-order valence-electron chi connectivity index (χ2n) is 10.1. The Bertz CT molecular complexity index is 1250. The van der Waals surface area contributed by atoms with E-state index in [9.17, 15) is 13.6 Å². The molecule has 0 aromatic carbocycles. The normalized spacial score (nSPS) is 23.6. The van der Waals surface area contributed by atoms with Crippen LogP contribution in [0.15, 0.2) is 21.6 Å². The number of hydrogen-bond donors (Lipinski definition) is 1. The highest BCUT2D eigenvalue weighted by atomic mass is 19.3. The standard InChI is InChI=1S/C25H33F2N7O2/c1-15-16(2)31-22-21(30-15)32-23(24(35)34(22)19-5-7-25(26,27)8-6-19)33-9-10-36-20(14-33)11-17(12-28)13-29-18-3-4-18/h12-13,18-20H,3-11,14,28H2,1-2H3/b17-12-,29-13?. The highest BCUT2D eigenvalue weighted by Gasteiger charge is 2.37.